The van der Waals surface area contributed by atoms with Crippen LogP contribution in [0.3, 0.4) is 0 Å². The molecule has 0 aliphatic carbocycles. The number of anilines is 3. The maximum absolute atomic E-state index is 15.6. The molecule has 2 heterocycles. The molecule has 198 valence electrons. The zero-order chi connectivity index (χ0) is 27.1. The molecule has 1 spiro atoms. The average Bonchev–Trinajstić information content (AvgIpc) is 3.21. The van der Waals surface area contributed by atoms with Gasteiger partial charge in [-0.25, -0.2) is 0 Å². The second-order valence-corrected chi connectivity index (χ2v) is 14.3. The number of nitrogens with zero attached hydrogens (tertiary/aromatic N) is 1. The fourth-order valence-corrected chi connectivity index (χ4v) is 8.50. The summed E-state index contributed by atoms with van der Waals surface area (Å²) in [5.41, 5.74) is 1.31. The molecule has 0 aromatic heterocycles. The lowest BCUT2D eigenvalue weighted by Gasteiger charge is -2.31. The lowest BCUT2D eigenvalue weighted by molar-refractivity contribution is -0.146. The van der Waals surface area contributed by atoms with Crippen molar-refractivity contribution in [1.82, 2.24) is 0 Å². The van der Waals surface area contributed by atoms with Crippen molar-refractivity contribution in [2.75, 3.05) is 22.1 Å². The van der Waals surface area contributed by atoms with Crippen LogP contribution in [0.4, 0.5) is 21.2 Å². The van der Waals surface area contributed by atoms with Gasteiger partial charge in [0.15, 0.2) is 5.60 Å². The molecule has 4 atom stereocenters. The summed E-state index contributed by atoms with van der Waals surface area (Å²) in [6.07, 6.45) is -0.375. The minimum Gasteiger partial charge on any atom is -0.396 e. The molecule has 1 saturated heterocycles. The first-order valence-electron chi connectivity index (χ1n) is 12.5. The van der Waals surface area contributed by atoms with Crippen molar-refractivity contribution in [2.45, 2.75) is 64.1 Å². The fourth-order valence-electron chi connectivity index (χ4n) is 5.96. The van der Waals surface area contributed by atoms with E-state index >= 15 is 4.11 Å². The molecule has 2 aliphatic rings. The summed E-state index contributed by atoms with van der Waals surface area (Å²) in [7, 11) is -3.30. The van der Waals surface area contributed by atoms with Gasteiger partial charge in [0.25, 0.3) is 5.91 Å². The summed E-state index contributed by atoms with van der Waals surface area (Å²) in [6.45, 7) is 8.00. The van der Waals surface area contributed by atoms with Gasteiger partial charge in [-0.3, -0.25) is 14.4 Å². The Morgan fingerprint density at radius 1 is 1.08 bits per heavy atom. The minimum atomic E-state index is -3.30. The molecule has 3 N–H and O–H groups in total. The van der Waals surface area contributed by atoms with Gasteiger partial charge in [-0.2, -0.15) is 0 Å². The Balaban J connectivity index is 1.79. The monoisotopic (exact) mass is 527 g/mol. The highest BCUT2D eigenvalue weighted by Crippen LogP contribution is 2.60. The Kier molecular flexibility index (Phi) is 7.29. The number of hydrogen-bond acceptors (Lipinski definition) is 5. The first kappa shape index (κ1) is 27.0. The van der Waals surface area contributed by atoms with Gasteiger partial charge in [0.1, 0.15) is 0 Å². The van der Waals surface area contributed by atoms with Gasteiger partial charge in [-0.05, 0) is 55.4 Å². The molecule has 10 heteroatoms. The van der Waals surface area contributed by atoms with Gasteiger partial charge >= 0.3 is 0 Å². The Hall–Kier alpha value is -3.08. The molecule has 4 rings (SSSR count). The highest BCUT2D eigenvalue weighted by molar-refractivity contribution is 6.72. The molecule has 0 bridgehead atoms. The number of ether oxygens (including phenoxy) is 1. The van der Waals surface area contributed by atoms with Crippen LogP contribution < -0.4 is 15.5 Å². The van der Waals surface area contributed by atoms with Crippen molar-refractivity contribution in [3.8, 4) is 0 Å². The number of fused-ring (bicyclic) bond motifs is 2. The maximum Gasteiger partial charge on any atom is 0.264 e. The molecular weight excluding hydrogens is 493 g/mol. The van der Waals surface area contributed by atoms with E-state index in [0.717, 1.165) is 5.56 Å². The number of carbonyl (C=O) groups excluding carboxylic acids is 3. The van der Waals surface area contributed by atoms with E-state index < -0.39 is 31.6 Å². The van der Waals surface area contributed by atoms with E-state index in [0.29, 0.717) is 22.6 Å². The zero-order valence-corrected chi connectivity index (χ0v) is 22.8. The maximum atomic E-state index is 15.6. The number of benzene rings is 2. The van der Waals surface area contributed by atoms with E-state index in [4.69, 9.17) is 4.74 Å². The van der Waals surface area contributed by atoms with E-state index in [1.165, 1.54) is 13.8 Å². The average molecular weight is 528 g/mol. The van der Waals surface area contributed by atoms with Crippen molar-refractivity contribution >= 4 is 43.2 Å². The summed E-state index contributed by atoms with van der Waals surface area (Å²) in [6, 6.07) is 12.5. The van der Waals surface area contributed by atoms with Crippen molar-refractivity contribution < 1.29 is 28.3 Å². The molecule has 37 heavy (non-hydrogen) atoms. The summed E-state index contributed by atoms with van der Waals surface area (Å²) in [5, 5.41) is 15.2. The highest BCUT2D eigenvalue weighted by atomic mass is 28.4. The number of halogens is 1. The Morgan fingerprint density at radius 3 is 2.24 bits per heavy atom. The molecule has 2 aromatic rings. The predicted octanol–water partition coefficient (Wildman–Crippen LogP) is 4.31. The van der Waals surface area contributed by atoms with Crippen LogP contribution in [0.1, 0.15) is 38.3 Å². The SMILES string of the molecule is CC(=O)Nc1ccc(CN2C(=O)[C@@]3(O[C@@H](CCO)[C@H]([Si](C)(C)F)[C@H]3C)c3cc(NC(C)=O)ccc32)cc1. The van der Waals surface area contributed by atoms with Gasteiger partial charge < -0.3 is 29.5 Å². The molecule has 0 unspecified atom stereocenters. The van der Waals surface area contributed by atoms with Crippen LogP contribution in [0.25, 0.3) is 0 Å². The van der Waals surface area contributed by atoms with Crippen molar-refractivity contribution in [2.24, 2.45) is 5.92 Å². The molecule has 3 amide bonds. The minimum absolute atomic E-state index is 0.174. The summed E-state index contributed by atoms with van der Waals surface area (Å²) in [4.78, 5) is 39.0. The van der Waals surface area contributed by atoms with Crippen LogP contribution in [-0.4, -0.2) is 43.9 Å². The van der Waals surface area contributed by atoms with Gasteiger partial charge in [0, 0.05) is 48.9 Å². The van der Waals surface area contributed by atoms with Crippen molar-refractivity contribution in [3.63, 3.8) is 0 Å². The van der Waals surface area contributed by atoms with E-state index in [1.807, 2.05) is 19.1 Å². The van der Waals surface area contributed by atoms with Crippen LogP contribution >= 0.6 is 0 Å². The number of rotatable bonds is 7. The first-order valence-corrected chi connectivity index (χ1v) is 15.4. The normalized spacial score (nSPS) is 24.9. The zero-order valence-electron chi connectivity index (χ0n) is 21.8. The lowest BCUT2D eigenvalue weighted by Crippen LogP contribution is -2.45. The second-order valence-electron chi connectivity index (χ2n) is 10.5. The number of aliphatic hydroxyl groups is 1. The Morgan fingerprint density at radius 2 is 1.68 bits per heavy atom. The first-order chi connectivity index (χ1) is 17.4. The molecule has 8 nitrogen and oxygen atoms in total. The molecular formula is C27H34FN3O5Si. The third-order valence-corrected chi connectivity index (χ3v) is 9.77. The molecule has 0 saturated carbocycles. The van der Waals surface area contributed by atoms with E-state index in [1.54, 1.807) is 48.3 Å². The standard InChI is InChI=1S/C27H34FN3O5Si/c1-16-25(37(4,5)28)24(12-13-32)36-27(16)22-14-21(30-18(3)34)10-11-23(22)31(26(27)35)15-19-6-8-20(9-7-19)29-17(2)33/h6-11,14,16,24-25,32H,12-13,15H2,1-5H3,(H,29,33)(H,30,34)/t16-,24+,25-,27+/m1/s1. The van der Waals surface area contributed by atoms with E-state index in [2.05, 4.69) is 10.6 Å². The van der Waals surface area contributed by atoms with Crippen LogP contribution in [-0.2, 0) is 31.3 Å². The van der Waals surface area contributed by atoms with Crippen LogP contribution in [0, 0.1) is 5.92 Å². The van der Waals surface area contributed by atoms with Crippen LogP contribution in [0.15, 0.2) is 42.5 Å². The van der Waals surface area contributed by atoms with Gasteiger partial charge in [0.05, 0.1) is 18.3 Å². The topological polar surface area (TPSA) is 108 Å². The van der Waals surface area contributed by atoms with Gasteiger partial charge in [0.2, 0.25) is 20.2 Å². The summed E-state index contributed by atoms with van der Waals surface area (Å²) >= 11 is 0. The summed E-state index contributed by atoms with van der Waals surface area (Å²) < 4.78 is 22.2. The number of hydrogen-bond donors (Lipinski definition) is 3. The Labute approximate surface area is 217 Å². The fraction of sp³-hybridized carbons (Fsp3) is 0.444. The number of aliphatic hydroxyl groups excluding tert-OH is 1. The molecule has 1 fully saturated rings. The highest BCUT2D eigenvalue weighted by Gasteiger charge is 2.66. The van der Waals surface area contributed by atoms with Gasteiger partial charge in [-0.1, -0.05) is 19.1 Å². The third kappa shape index (κ3) is 4.93. The smallest absolute Gasteiger partial charge is 0.264 e. The van der Waals surface area contributed by atoms with Crippen molar-refractivity contribution in [3.05, 3.63) is 53.6 Å². The third-order valence-electron chi connectivity index (χ3n) is 7.31. The van der Waals surface area contributed by atoms with E-state index in [9.17, 15) is 19.5 Å². The molecule has 2 aliphatic heterocycles. The van der Waals surface area contributed by atoms with E-state index in [-0.39, 0.29) is 37.3 Å². The predicted molar refractivity (Wildman–Crippen MR) is 142 cm³/mol. The molecule has 2 aromatic carbocycles. The van der Waals surface area contributed by atoms with Crippen LogP contribution in [0.5, 0.6) is 0 Å². The quantitative estimate of drug-likeness (QED) is 0.367. The summed E-state index contributed by atoms with van der Waals surface area (Å²) in [5.74, 6) is -1.19. The van der Waals surface area contributed by atoms with Crippen molar-refractivity contribution in [1.29, 1.82) is 0 Å². The van der Waals surface area contributed by atoms with Gasteiger partial charge in [-0.15, -0.1) is 0 Å². The second kappa shape index (κ2) is 10.00. The molecule has 0 radical (unpaired) electrons. The van der Waals surface area contributed by atoms with Crippen LogP contribution in [0.2, 0.25) is 18.6 Å². The Bertz CT molecular complexity index is 1220. The largest absolute Gasteiger partial charge is 0.396 e. The lowest BCUT2D eigenvalue weighted by atomic mass is 9.82. The number of nitrogens with one attached hydrogen (secondary N) is 2. The number of carbonyl (C=O) groups is 3. The number of amides is 3.